The Morgan fingerprint density at radius 3 is 2.56 bits per heavy atom. The molecule has 0 heterocycles. The number of nitriles is 1. The third-order valence-corrected chi connectivity index (χ3v) is 3.41. The van der Waals surface area contributed by atoms with Crippen LogP contribution in [-0.4, -0.2) is 38.1 Å². The van der Waals surface area contributed by atoms with Crippen molar-refractivity contribution < 1.29 is 0 Å². The molecule has 0 aliphatic heterocycles. The molecule has 0 saturated heterocycles. The van der Waals surface area contributed by atoms with Gasteiger partial charge in [-0.25, -0.2) is 0 Å². The highest BCUT2D eigenvalue weighted by Gasteiger charge is 2.22. The molecule has 1 aliphatic rings. The molecule has 1 fully saturated rings. The molecule has 1 aliphatic carbocycles. The Morgan fingerprint density at radius 2 is 2.00 bits per heavy atom. The van der Waals surface area contributed by atoms with Crippen LogP contribution in [0, 0.1) is 17.2 Å². The molecular formula is C13H25N3. The van der Waals surface area contributed by atoms with Gasteiger partial charge in [0, 0.05) is 0 Å². The lowest BCUT2D eigenvalue weighted by molar-refractivity contribution is 0.299. The van der Waals surface area contributed by atoms with E-state index in [1.807, 2.05) is 0 Å². The molecule has 0 radical (unpaired) electrons. The minimum absolute atomic E-state index is 0.0856. The van der Waals surface area contributed by atoms with E-state index in [-0.39, 0.29) is 6.04 Å². The Morgan fingerprint density at radius 1 is 1.31 bits per heavy atom. The maximum Gasteiger partial charge on any atom is 0.0981 e. The largest absolute Gasteiger partial charge is 0.309 e. The lowest BCUT2D eigenvalue weighted by atomic mass is 9.84. The van der Waals surface area contributed by atoms with Gasteiger partial charge in [0.25, 0.3) is 0 Å². The molecule has 1 saturated carbocycles. The summed E-state index contributed by atoms with van der Waals surface area (Å²) in [5, 5.41) is 12.6. The number of nitrogens with one attached hydrogen (secondary N) is 1. The van der Waals surface area contributed by atoms with Crippen LogP contribution in [0.25, 0.3) is 0 Å². The van der Waals surface area contributed by atoms with Crippen molar-refractivity contribution in [2.45, 2.75) is 44.6 Å². The van der Waals surface area contributed by atoms with Crippen LogP contribution in [0.5, 0.6) is 0 Å². The van der Waals surface area contributed by atoms with Crippen molar-refractivity contribution in [1.29, 1.82) is 5.26 Å². The maximum absolute atomic E-state index is 9.16. The normalized spacial score (nSPS) is 19.6. The van der Waals surface area contributed by atoms with Gasteiger partial charge >= 0.3 is 0 Å². The van der Waals surface area contributed by atoms with E-state index in [2.05, 4.69) is 30.4 Å². The molecule has 92 valence electrons. The fourth-order valence-electron chi connectivity index (χ4n) is 2.44. The molecule has 0 bridgehead atoms. The van der Waals surface area contributed by atoms with Gasteiger partial charge in [-0.1, -0.05) is 19.3 Å². The molecule has 0 amide bonds. The minimum atomic E-state index is 0.0856. The SMILES string of the molecule is CN(C)CCCNC(C#N)C1CCCCC1. The summed E-state index contributed by atoms with van der Waals surface area (Å²) in [7, 11) is 4.17. The van der Waals surface area contributed by atoms with Crippen LogP contribution in [-0.2, 0) is 0 Å². The second-order valence-corrected chi connectivity index (χ2v) is 5.12. The first-order valence-corrected chi connectivity index (χ1v) is 6.51. The molecule has 0 spiro atoms. The summed E-state index contributed by atoms with van der Waals surface area (Å²) < 4.78 is 0. The summed E-state index contributed by atoms with van der Waals surface area (Å²) in [6.07, 6.45) is 7.56. The van der Waals surface area contributed by atoms with Gasteiger partial charge in [0.05, 0.1) is 12.1 Å². The molecule has 3 heteroatoms. The summed E-state index contributed by atoms with van der Waals surface area (Å²) in [5.74, 6) is 0.595. The van der Waals surface area contributed by atoms with Gasteiger partial charge in [-0.2, -0.15) is 5.26 Å². The Balaban J connectivity index is 2.18. The molecule has 16 heavy (non-hydrogen) atoms. The van der Waals surface area contributed by atoms with Crippen LogP contribution in [0.4, 0.5) is 0 Å². The van der Waals surface area contributed by atoms with Gasteiger partial charge in [0.15, 0.2) is 0 Å². The van der Waals surface area contributed by atoms with Gasteiger partial charge in [0.1, 0.15) is 0 Å². The van der Waals surface area contributed by atoms with E-state index in [4.69, 9.17) is 5.26 Å². The smallest absolute Gasteiger partial charge is 0.0981 e. The van der Waals surface area contributed by atoms with Crippen LogP contribution in [0.3, 0.4) is 0 Å². The first-order chi connectivity index (χ1) is 7.74. The van der Waals surface area contributed by atoms with Crippen molar-refractivity contribution in [1.82, 2.24) is 10.2 Å². The fourth-order valence-corrected chi connectivity index (χ4v) is 2.44. The van der Waals surface area contributed by atoms with Crippen LogP contribution in [0.2, 0.25) is 0 Å². The van der Waals surface area contributed by atoms with Crippen molar-refractivity contribution in [2.24, 2.45) is 5.92 Å². The van der Waals surface area contributed by atoms with Crippen molar-refractivity contribution in [2.75, 3.05) is 27.2 Å². The fraction of sp³-hybridized carbons (Fsp3) is 0.923. The molecule has 0 aromatic heterocycles. The van der Waals surface area contributed by atoms with Gasteiger partial charge in [-0.15, -0.1) is 0 Å². The molecule has 1 unspecified atom stereocenters. The van der Waals surface area contributed by atoms with Gasteiger partial charge < -0.3 is 10.2 Å². The van der Waals surface area contributed by atoms with Crippen LogP contribution in [0.15, 0.2) is 0 Å². The molecule has 3 nitrogen and oxygen atoms in total. The van der Waals surface area contributed by atoms with Gasteiger partial charge in [-0.05, 0) is 52.4 Å². The second kappa shape index (κ2) is 7.65. The monoisotopic (exact) mass is 223 g/mol. The van der Waals surface area contributed by atoms with Crippen molar-refractivity contribution >= 4 is 0 Å². The summed E-state index contributed by atoms with van der Waals surface area (Å²) in [4.78, 5) is 2.18. The zero-order valence-electron chi connectivity index (χ0n) is 10.7. The van der Waals surface area contributed by atoms with Gasteiger partial charge in [-0.3, -0.25) is 0 Å². The first-order valence-electron chi connectivity index (χ1n) is 6.51. The first kappa shape index (κ1) is 13.5. The van der Waals surface area contributed by atoms with E-state index >= 15 is 0 Å². The lowest BCUT2D eigenvalue weighted by Crippen LogP contribution is -2.37. The van der Waals surface area contributed by atoms with E-state index in [0.29, 0.717) is 5.92 Å². The van der Waals surface area contributed by atoms with E-state index in [9.17, 15) is 0 Å². The molecule has 1 rings (SSSR count). The van der Waals surface area contributed by atoms with E-state index in [1.54, 1.807) is 0 Å². The molecule has 0 aromatic carbocycles. The van der Waals surface area contributed by atoms with Gasteiger partial charge in [0.2, 0.25) is 0 Å². The van der Waals surface area contributed by atoms with Crippen molar-refractivity contribution in [3.05, 3.63) is 0 Å². The van der Waals surface area contributed by atoms with E-state index in [0.717, 1.165) is 19.5 Å². The quantitative estimate of drug-likeness (QED) is 0.700. The highest BCUT2D eigenvalue weighted by Crippen LogP contribution is 2.26. The summed E-state index contributed by atoms with van der Waals surface area (Å²) in [6, 6.07) is 2.52. The van der Waals surface area contributed by atoms with E-state index in [1.165, 1.54) is 32.1 Å². The number of hydrogen-bond donors (Lipinski definition) is 1. The zero-order valence-corrected chi connectivity index (χ0v) is 10.7. The zero-order chi connectivity index (χ0) is 11.8. The highest BCUT2D eigenvalue weighted by molar-refractivity contribution is 4.95. The molecular weight excluding hydrogens is 198 g/mol. The number of hydrogen-bond acceptors (Lipinski definition) is 3. The predicted molar refractivity (Wildman–Crippen MR) is 67.1 cm³/mol. The summed E-state index contributed by atoms with van der Waals surface area (Å²) in [6.45, 7) is 2.06. The van der Waals surface area contributed by atoms with Crippen LogP contribution < -0.4 is 5.32 Å². The third kappa shape index (κ3) is 4.96. The van der Waals surface area contributed by atoms with Crippen LogP contribution in [0.1, 0.15) is 38.5 Å². The lowest BCUT2D eigenvalue weighted by Gasteiger charge is -2.26. The molecule has 0 aromatic rings. The van der Waals surface area contributed by atoms with Crippen LogP contribution >= 0.6 is 0 Å². The highest BCUT2D eigenvalue weighted by atomic mass is 15.1. The van der Waals surface area contributed by atoms with Crippen molar-refractivity contribution in [3.63, 3.8) is 0 Å². The molecule has 1 N–H and O–H groups in total. The average Bonchev–Trinajstić information content (AvgIpc) is 2.30. The third-order valence-electron chi connectivity index (χ3n) is 3.41. The summed E-state index contributed by atoms with van der Waals surface area (Å²) >= 11 is 0. The Labute approximate surface area is 99.8 Å². The average molecular weight is 223 g/mol. The number of nitrogens with zero attached hydrogens (tertiary/aromatic N) is 2. The maximum atomic E-state index is 9.16. The Hall–Kier alpha value is -0.590. The van der Waals surface area contributed by atoms with E-state index < -0.39 is 0 Å². The number of rotatable bonds is 6. The second-order valence-electron chi connectivity index (χ2n) is 5.12. The predicted octanol–water partition coefficient (Wildman–Crippen LogP) is 2.00. The summed E-state index contributed by atoms with van der Waals surface area (Å²) in [5.41, 5.74) is 0. The Bertz CT molecular complexity index is 214. The standard InChI is InChI=1S/C13H25N3/c1-16(2)10-6-9-15-13(11-14)12-7-4-3-5-8-12/h12-13,15H,3-10H2,1-2H3. The van der Waals surface area contributed by atoms with Crippen molar-refractivity contribution in [3.8, 4) is 6.07 Å². The Kier molecular flexibility index (Phi) is 6.44. The topological polar surface area (TPSA) is 39.1 Å². The minimum Gasteiger partial charge on any atom is -0.309 e. The molecule has 1 atom stereocenters.